The first kappa shape index (κ1) is 16.6. The van der Waals surface area contributed by atoms with Gasteiger partial charge in [0.2, 0.25) is 0 Å². The summed E-state index contributed by atoms with van der Waals surface area (Å²) in [5.41, 5.74) is 13.7. The zero-order valence-corrected chi connectivity index (χ0v) is 13.4. The lowest BCUT2D eigenvalue weighted by atomic mass is 10.0. The van der Waals surface area contributed by atoms with Crippen molar-refractivity contribution in [2.45, 2.75) is 38.8 Å². The Labute approximate surface area is 131 Å². The second-order valence-corrected chi connectivity index (χ2v) is 6.05. The number of halogens is 1. The molecule has 0 saturated heterocycles. The van der Waals surface area contributed by atoms with Crippen LogP contribution in [-0.2, 0) is 11.3 Å². The topological polar surface area (TPSA) is 70.5 Å². The number of hydrogen-bond acceptors (Lipinski definition) is 4. The van der Waals surface area contributed by atoms with E-state index in [0.29, 0.717) is 30.5 Å². The van der Waals surface area contributed by atoms with Gasteiger partial charge >= 0.3 is 0 Å². The van der Waals surface area contributed by atoms with Gasteiger partial charge in [0.25, 0.3) is 0 Å². The van der Waals surface area contributed by atoms with Crippen LogP contribution in [0.25, 0.3) is 0 Å². The molecule has 1 aromatic carbocycles. The summed E-state index contributed by atoms with van der Waals surface area (Å²) in [6.45, 7) is 4.39. The van der Waals surface area contributed by atoms with Crippen molar-refractivity contribution in [3.63, 3.8) is 0 Å². The van der Waals surface area contributed by atoms with E-state index >= 15 is 0 Å². The molecule has 0 amide bonds. The number of hydrogen-bond donors (Lipinski definition) is 2. The maximum Gasteiger partial charge on any atom is 0.142 e. The Morgan fingerprint density at radius 3 is 2.76 bits per heavy atom. The fraction of sp³-hybridized carbons (Fsp3) is 0.625. The molecule has 2 rings (SSSR count). The summed E-state index contributed by atoms with van der Waals surface area (Å²) in [6.07, 6.45) is 3.49. The van der Waals surface area contributed by atoms with Gasteiger partial charge in [0.15, 0.2) is 0 Å². The molecule has 0 spiro atoms. The van der Waals surface area contributed by atoms with Gasteiger partial charge in [-0.1, -0.05) is 18.5 Å². The van der Waals surface area contributed by atoms with Crippen molar-refractivity contribution in [2.24, 2.45) is 17.4 Å². The molecule has 1 aromatic rings. The van der Waals surface area contributed by atoms with Gasteiger partial charge in [-0.25, -0.2) is 0 Å². The second kappa shape index (κ2) is 7.99. The van der Waals surface area contributed by atoms with Crippen molar-refractivity contribution in [3.05, 3.63) is 28.3 Å². The van der Waals surface area contributed by atoms with E-state index in [1.807, 2.05) is 12.1 Å². The molecule has 1 aliphatic carbocycles. The van der Waals surface area contributed by atoms with Crippen molar-refractivity contribution < 1.29 is 9.47 Å². The maximum atomic E-state index is 6.35. The molecule has 4 nitrogen and oxygen atoms in total. The molecule has 5 heteroatoms. The van der Waals surface area contributed by atoms with Gasteiger partial charge in [-0.15, -0.1) is 0 Å². The third kappa shape index (κ3) is 4.85. The molecule has 0 aromatic heterocycles. The van der Waals surface area contributed by atoms with Crippen LogP contribution in [0.5, 0.6) is 5.75 Å². The van der Waals surface area contributed by atoms with Crippen LogP contribution in [0.4, 0.5) is 0 Å². The molecule has 1 atom stereocenters. The Balaban J connectivity index is 2.12. The summed E-state index contributed by atoms with van der Waals surface area (Å²) < 4.78 is 11.5. The van der Waals surface area contributed by atoms with Crippen molar-refractivity contribution >= 4 is 11.6 Å². The highest BCUT2D eigenvalue weighted by atomic mass is 35.5. The summed E-state index contributed by atoms with van der Waals surface area (Å²) in [5.74, 6) is 1.40. The molecule has 0 bridgehead atoms. The van der Waals surface area contributed by atoms with Crippen molar-refractivity contribution in [1.82, 2.24) is 0 Å². The highest BCUT2D eigenvalue weighted by molar-refractivity contribution is 6.32. The molecule has 1 aliphatic rings. The van der Waals surface area contributed by atoms with E-state index in [1.54, 1.807) is 0 Å². The third-order valence-electron chi connectivity index (χ3n) is 3.56. The molecule has 1 saturated carbocycles. The summed E-state index contributed by atoms with van der Waals surface area (Å²) in [5, 5.41) is 0.579. The Bertz CT molecular complexity index is 464. The summed E-state index contributed by atoms with van der Waals surface area (Å²) in [7, 11) is 0. The van der Waals surface area contributed by atoms with Crippen LogP contribution >= 0.6 is 11.6 Å². The standard InChI is InChI=1S/C16H25ClN2O2/c1-2-5-21-16-13(15(19)8-18)6-12(7-14(16)17)10-20-9-11-3-4-11/h6-7,11,15H,2-5,8-10,18-19H2,1H3. The Morgan fingerprint density at radius 2 is 2.14 bits per heavy atom. The predicted octanol–water partition coefficient (Wildman–Crippen LogP) is 3.01. The first-order valence-electron chi connectivity index (χ1n) is 7.64. The predicted molar refractivity (Wildman–Crippen MR) is 85.6 cm³/mol. The second-order valence-electron chi connectivity index (χ2n) is 5.65. The zero-order chi connectivity index (χ0) is 15.2. The minimum atomic E-state index is -0.280. The minimum Gasteiger partial charge on any atom is -0.492 e. The van der Waals surface area contributed by atoms with Crippen molar-refractivity contribution in [1.29, 1.82) is 0 Å². The number of rotatable bonds is 9. The fourth-order valence-corrected chi connectivity index (χ4v) is 2.45. The van der Waals surface area contributed by atoms with E-state index in [1.165, 1.54) is 12.8 Å². The first-order chi connectivity index (χ1) is 10.2. The Morgan fingerprint density at radius 1 is 1.38 bits per heavy atom. The summed E-state index contributed by atoms with van der Waals surface area (Å²) in [4.78, 5) is 0. The number of nitrogens with two attached hydrogens (primary N) is 2. The molecule has 118 valence electrons. The highest BCUT2D eigenvalue weighted by Crippen LogP contribution is 2.34. The van der Waals surface area contributed by atoms with E-state index in [2.05, 4.69) is 6.92 Å². The monoisotopic (exact) mass is 312 g/mol. The minimum absolute atomic E-state index is 0.280. The number of benzene rings is 1. The largest absolute Gasteiger partial charge is 0.492 e. The lowest BCUT2D eigenvalue weighted by Crippen LogP contribution is -2.22. The third-order valence-corrected chi connectivity index (χ3v) is 3.84. The van der Waals surface area contributed by atoms with Gasteiger partial charge in [0.05, 0.1) is 18.2 Å². The van der Waals surface area contributed by atoms with Crippen molar-refractivity contribution in [2.75, 3.05) is 19.8 Å². The lowest BCUT2D eigenvalue weighted by Gasteiger charge is -2.18. The Hall–Kier alpha value is -0.810. The molecule has 1 unspecified atom stereocenters. The van der Waals surface area contributed by atoms with Gasteiger partial charge in [0.1, 0.15) is 5.75 Å². The van der Waals surface area contributed by atoms with Crippen LogP contribution in [-0.4, -0.2) is 19.8 Å². The molecular formula is C16H25ClN2O2. The van der Waals surface area contributed by atoms with Gasteiger partial charge < -0.3 is 20.9 Å². The zero-order valence-electron chi connectivity index (χ0n) is 12.6. The smallest absolute Gasteiger partial charge is 0.142 e. The van der Waals surface area contributed by atoms with Gasteiger partial charge in [-0.2, -0.15) is 0 Å². The van der Waals surface area contributed by atoms with E-state index in [4.69, 9.17) is 32.5 Å². The molecule has 0 radical (unpaired) electrons. The molecule has 1 fully saturated rings. The Kier molecular flexibility index (Phi) is 6.30. The van der Waals surface area contributed by atoms with Crippen LogP contribution < -0.4 is 16.2 Å². The lowest BCUT2D eigenvalue weighted by molar-refractivity contribution is 0.111. The van der Waals surface area contributed by atoms with E-state index in [0.717, 1.165) is 30.1 Å². The molecular weight excluding hydrogens is 288 g/mol. The average molecular weight is 313 g/mol. The van der Waals surface area contributed by atoms with Gasteiger partial charge in [-0.05, 0) is 42.9 Å². The van der Waals surface area contributed by atoms with Gasteiger partial charge in [-0.3, -0.25) is 0 Å². The van der Waals surface area contributed by atoms with Crippen LogP contribution in [0.15, 0.2) is 12.1 Å². The van der Waals surface area contributed by atoms with Crippen LogP contribution in [0, 0.1) is 5.92 Å². The SMILES string of the molecule is CCCOc1c(Cl)cc(COCC2CC2)cc1C(N)CN. The molecule has 0 heterocycles. The van der Waals surface area contributed by atoms with Gasteiger partial charge in [0, 0.05) is 24.8 Å². The van der Waals surface area contributed by atoms with Crippen LogP contribution in [0.1, 0.15) is 43.4 Å². The summed E-state index contributed by atoms with van der Waals surface area (Å²) >= 11 is 6.35. The van der Waals surface area contributed by atoms with Crippen molar-refractivity contribution in [3.8, 4) is 5.75 Å². The van der Waals surface area contributed by atoms with Crippen LogP contribution in [0.2, 0.25) is 5.02 Å². The molecule has 0 aliphatic heterocycles. The first-order valence-corrected chi connectivity index (χ1v) is 8.02. The average Bonchev–Trinajstić information content (AvgIpc) is 3.29. The van der Waals surface area contributed by atoms with E-state index in [9.17, 15) is 0 Å². The van der Waals surface area contributed by atoms with Crippen LogP contribution in [0.3, 0.4) is 0 Å². The number of ether oxygens (including phenoxy) is 2. The van der Waals surface area contributed by atoms with E-state index in [-0.39, 0.29) is 6.04 Å². The fourth-order valence-electron chi connectivity index (χ4n) is 2.14. The maximum absolute atomic E-state index is 6.35. The highest BCUT2D eigenvalue weighted by Gasteiger charge is 2.21. The van der Waals surface area contributed by atoms with E-state index < -0.39 is 0 Å². The molecule has 4 N–H and O–H groups in total. The normalized spacial score (nSPS) is 16.0. The quantitative estimate of drug-likeness (QED) is 0.735. The summed E-state index contributed by atoms with van der Waals surface area (Å²) in [6, 6.07) is 3.62. The molecule has 21 heavy (non-hydrogen) atoms.